The van der Waals surface area contributed by atoms with Gasteiger partial charge < -0.3 is 14.0 Å². The van der Waals surface area contributed by atoms with Gasteiger partial charge in [-0.05, 0) is 74.9 Å². The largest absolute Gasteiger partial charge is 0.497 e. The number of ether oxygens (including phenoxy) is 2. The molecule has 0 saturated carbocycles. The fourth-order valence-corrected chi connectivity index (χ4v) is 4.44. The number of aromatic nitrogens is 1. The zero-order chi connectivity index (χ0) is 24.6. The van der Waals surface area contributed by atoms with Crippen molar-refractivity contribution in [2.75, 3.05) is 19.1 Å². The van der Waals surface area contributed by atoms with Crippen LogP contribution in [0.3, 0.4) is 0 Å². The molecule has 6 nitrogen and oxygen atoms in total. The third-order valence-electron chi connectivity index (χ3n) is 5.96. The minimum Gasteiger partial charge on any atom is -0.497 e. The Bertz CT molecular complexity index is 1350. The molecule has 0 radical (unpaired) electrons. The molecule has 0 atom stereocenters. The molecule has 3 aromatic rings. The van der Waals surface area contributed by atoms with Crippen molar-refractivity contribution in [2.24, 2.45) is 0 Å². The van der Waals surface area contributed by atoms with Crippen molar-refractivity contribution >= 4 is 35.2 Å². The second-order valence-electron chi connectivity index (χ2n) is 7.99. The number of anilines is 1. The predicted molar refractivity (Wildman–Crippen MR) is 133 cm³/mol. The Morgan fingerprint density at radius 3 is 2.32 bits per heavy atom. The van der Waals surface area contributed by atoms with Crippen LogP contribution in [0.4, 0.5) is 5.69 Å². The zero-order valence-electron chi connectivity index (χ0n) is 19.7. The summed E-state index contributed by atoms with van der Waals surface area (Å²) in [5, 5.41) is 0.658. The second kappa shape index (κ2) is 9.23. The first-order chi connectivity index (χ1) is 16.3. The topological polar surface area (TPSA) is 60.8 Å². The molecule has 0 N–H and O–H groups in total. The van der Waals surface area contributed by atoms with Crippen LogP contribution in [0.25, 0.3) is 11.8 Å². The van der Waals surface area contributed by atoms with Crippen molar-refractivity contribution in [3.8, 4) is 11.4 Å². The summed E-state index contributed by atoms with van der Waals surface area (Å²) in [5.41, 5.74) is 5.34. The molecule has 0 spiro atoms. The Kier molecular flexibility index (Phi) is 6.35. The van der Waals surface area contributed by atoms with Gasteiger partial charge in [0.25, 0.3) is 5.91 Å². The number of allylic oxidation sites excluding steroid dienone is 1. The summed E-state index contributed by atoms with van der Waals surface area (Å²) in [7, 11) is 2.88. The number of esters is 1. The van der Waals surface area contributed by atoms with Crippen LogP contribution in [0.15, 0.2) is 71.4 Å². The summed E-state index contributed by atoms with van der Waals surface area (Å²) < 4.78 is 12.4. The van der Waals surface area contributed by atoms with E-state index in [1.54, 1.807) is 44.4 Å². The number of halogens is 1. The molecular weight excluding hydrogens is 452 g/mol. The summed E-state index contributed by atoms with van der Waals surface area (Å²) in [6.07, 6.45) is 1.76. The van der Waals surface area contributed by atoms with Crippen molar-refractivity contribution in [3.05, 3.63) is 93.4 Å². The first kappa shape index (κ1) is 23.4. The monoisotopic (exact) mass is 476 g/mol. The van der Waals surface area contributed by atoms with Gasteiger partial charge in [-0.3, -0.25) is 9.69 Å². The van der Waals surface area contributed by atoms with Crippen LogP contribution in [0.1, 0.15) is 23.9 Å². The lowest BCUT2D eigenvalue weighted by molar-refractivity contribution is -0.136. The average Bonchev–Trinajstić information content (AvgIpc) is 3.25. The number of carbonyl (C=O) groups excluding carboxylic acids is 2. The van der Waals surface area contributed by atoms with Gasteiger partial charge in [0.1, 0.15) is 5.75 Å². The second-order valence-corrected chi connectivity index (χ2v) is 8.43. The number of benzene rings is 2. The van der Waals surface area contributed by atoms with Crippen molar-refractivity contribution in [2.45, 2.75) is 20.8 Å². The molecular formula is C27H25ClN2O4. The maximum absolute atomic E-state index is 13.6. The highest BCUT2D eigenvalue weighted by atomic mass is 35.5. The summed E-state index contributed by atoms with van der Waals surface area (Å²) in [4.78, 5) is 27.9. The van der Waals surface area contributed by atoms with Gasteiger partial charge in [0.05, 0.1) is 31.1 Å². The molecule has 174 valence electrons. The van der Waals surface area contributed by atoms with Crippen LogP contribution in [0.5, 0.6) is 5.75 Å². The molecule has 0 fully saturated rings. The number of carbonyl (C=O) groups is 2. The Balaban J connectivity index is 1.84. The van der Waals surface area contributed by atoms with Gasteiger partial charge in [-0.25, -0.2) is 4.79 Å². The van der Waals surface area contributed by atoms with Crippen LogP contribution in [0.2, 0.25) is 5.02 Å². The first-order valence-corrected chi connectivity index (χ1v) is 11.1. The highest BCUT2D eigenvalue weighted by Crippen LogP contribution is 2.37. The van der Waals surface area contributed by atoms with Gasteiger partial charge in [-0.1, -0.05) is 17.7 Å². The van der Waals surface area contributed by atoms with Crippen molar-refractivity contribution < 1.29 is 19.1 Å². The quantitative estimate of drug-likeness (QED) is 0.353. The molecule has 34 heavy (non-hydrogen) atoms. The maximum Gasteiger partial charge on any atom is 0.340 e. The summed E-state index contributed by atoms with van der Waals surface area (Å²) in [6.45, 7) is 5.70. The third kappa shape index (κ3) is 4.01. The summed E-state index contributed by atoms with van der Waals surface area (Å²) in [6, 6.07) is 16.7. The van der Waals surface area contributed by atoms with E-state index in [1.165, 1.54) is 12.0 Å². The molecule has 2 heterocycles. The SMILES string of the molecule is COC(=O)C1=C(C)N(c2cccc(OC)c2)C(=O)/C1=C\c1cc(C)n(-c2ccc(Cl)cc2)c1C. The van der Waals surface area contributed by atoms with E-state index < -0.39 is 5.97 Å². The lowest BCUT2D eigenvalue weighted by Gasteiger charge is -2.18. The smallest absolute Gasteiger partial charge is 0.340 e. The fourth-order valence-electron chi connectivity index (χ4n) is 4.32. The van der Waals surface area contributed by atoms with Crippen LogP contribution in [-0.4, -0.2) is 30.7 Å². The van der Waals surface area contributed by atoms with E-state index in [9.17, 15) is 9.59 Å². The molecule has 1 aromatic heterocycles. The average molecular weight is 477 g/mol. The van der Waals surface area contributed by atoms with Gasteiger partial charge in [0, 0.05) is 33.9 Å². The van der Waals surface area contributed by atoms with Crippen LogP contribution in [-0.2, 0) is 14.3 Å². The third-order valence-corrected chi connectivity index (χ3v) is 6.21. The van der Waals surface area contributed by atoms with E-state index in [0.29, 0.717) is 22.2 Å². The number of aryl methyl sites for hydroxylation is 1. The minimum absolute atomic E-state index is 0.242. The molecule has 1 aliphatic rings. The fraction of sp³-hybridized carbons (Fsp3) is 0.185. The van der Waals surface area contributed by atoms with Gasteiger partial charge in [-0.2, -0.15) is 0 Å². The van der Waals surface area contributed by atoms with E-state index in [0.717, 1.165) is 22.6 Å². The number of methoxy groups -OCH3 is 2. The minimum atomic E-state index is -0.561. The van der Waals surface area contributed by atoms with Crippen LogP contribution < -0.4 is 9.64 Å². The van der Waals surface area contributed by atoms with Gasteiger partial charge >= 0.3 is 5.97 Å². The molecule has 2 aromatic carbocycles. The Hall–Kier alpha value is -3.77. The van der Waals surface area contributed by atoms with E-state index >= 15 is 0 Å². The highest BCUT2D eigenvalue weighted by Gasteiger charge is 2.38. The lowest BCUT2D eigenvalue weighted by atomic mass is 10.0. The lowest BCUT2D eigenvalue weighted by Crippen LogP contribution is -2.24. The van der Waals surface area contributed by atoms with Gasteiger partial charge in [0.2, 0.25) is 0 Å². The van der Waals surface area contributed by atoms with Crippen LogP contribution in [0, 0.1) is 13.8 Å². The molecule has 7 heteroatoms. The number of rotatable bonds is 5. The van der Waals surface area contributed by atoms with E-state index in [2.05, 4.69) is 4.57 Å². The number of nitrogens with zero attached hydrogens (tertiary/aromatic N) is 2. The van der Waals surface area contributed by atoms with Crippen molar-refractivity contribution in [3.63, 3.8) is 0 Å². The maximum atomic E-state index is 13.6. The van der Waals surface area contributed by atoms with E-state index in [4.69, 9.17) is 21.1 Å². The zero-order valence-corrected chi connectivity index (χ0v) is 20.4. The molecule has 0 saturated heterocycles. The number of hydrogen-bond donors (Lipinski definition) is 0. The summed E-state index contributed by atoms with van der Waals surface area (Å²) in [5.74, 6) is -0.252. The van der Waals surface area contributed by atoms with E-state index in [-0.39, 0.29) is 17.1 Å². The van der Waals surface area contributed by atoms with Crippen molar-refractivity contribution in [1.29, 1.82) is 0 Å². The number of hydrogen-bond acceptors (Lipinski definition) is 4. The van der Waals surface area contributed by atoms with E-state index in [1.807, 2.05) is 44.2 Å². The molecule has 4 rings (SSSR count). The van der Waals surface area contributed by atoms with Crippen LogP contribution >= 0.6 is 11.6 Å². The molecule has 1 amide bonds. The molecule has 0 aliphatic carbocycles. The summed E-state index contributed by atoms with van der Waals surface area (Å²) >= 11 is 6.05. The Labute approximate surface area is 203 Å². The van der Waals surface area contributed by atoms with Crippen molar-refractivity contribution in [1.82, 2.24) is 4.57 Å². The first-order valence-electron chi connectivity index (χ1n) is 10.7. The Morgan fingerprint density at radius 2 is 1.68 bits per heavy atom. The molecule has 0 unspecified atom stereocenters. The Morgan fingerprint density at radius 1 is 0.971 bits per heavy atom. The molecule has 0 bridgehead atoms. The number of amides is 1. The van der Waals surface area contributed by atoms with Gasteiger partial charge in [-0.15, -0.1) is 0 Å². The van der Waals surface area contributed by atoms with Gasteiger partial charge in [0.15, 0.2) is 0 Å². The highest BCUT2D eigenvalue weighted by molar-refractivity contribution is 6.30. The standard InChI is InChI=1S/C27H25ClN2O4/c1-16-13-19(17(2)29(16)21-11-9-20(28)10-12-21)14-24-25(27(32)34-5)18(3)30(26(24)31)22-7-6-8-23(15-22)33-4/h6-15H,1-5H3/b24-14-. The predicted octanol–water partition coefficient (Wildman–Crippen LogP) is 5.63. The normalized spacial score (nSPS) is 14.8. The molecule has 1 aliphatic heterocycles.